The van der Waals surface area contributed by atoms with E-state index in [0.717, 1.165) is 11.3 Å². The lowest BCUT2D eigenvalue weighted by Gasteiger charge is -2.13. The molecule has 110 valence electrons. The van der Waals surface area contributed by atoms with Crippen LogP contribution in [0.2, 0.25) is 0 Å². The number of aryl methyl sites for hydroxylation is 2. The molecule has 2 amide bonds. The molecule has 0 aliphatic rings. The molecule has 0 saturated heterocycles. The zero-order chi connectivity index (χ0) is 15.1. The molecule has 5 heteroatoms. The molecule has 0 fully saturated rings. The van der Waals surface area contributed by atoms with Gasteiger partial charge in [0.2, 0.25) is 0 Å². The standard InChI is InChI=1S/C15H22N2O3/c1-10(4-7-14(18)19)9-16-15(20)17-13-6-5-11(2)12(3)8-13/h5-6,8,10H,4,7,9H2,1-3H3,(H,18,19)(H2,16,17,20). The normalized spacial score (nSPS) is 11.8. The van der Waals surface area contributed by atoms with E-state index in [0.29, 0.717) is 13.0 Å². The lowest BCUT2D eigenvalue weighted by molar-refractivity contribution is -0.137. The highest BCUT2D eigenvalue weighted by Gasteiger charge is 2.08. The van der Waals surface area contributed by atoms with Gasteiger partial charge < -0.3 is 15.7 Å². The van der Waals surface area contributed by atoms with Crippen LogP contribution in [-0.4, -0.2) is 23.7 Å². The number of amides is 2. The number of carbonyl (C=O) groups excluding carboxylic acids is 1. The summed E-state index contributed by atoms with van der Waals surface area (Å²) >= 11 is 0. The molecule has 1 unspecified atom stereocenters. The second-order valence-electron chi connectivity index (χ2n) is 5.17. The zero-order valence-corrected chi connectivity index (χ0v) is 12.2. The van der Waals surface area contributed by atoms with Crippen molar-refractivity contribution in [1.29, 1.82) is 0 Å². The predicted molar refractivity (Wildman–Crippen MR) is 79.0 cm³/mol. The molecule has 3 N–H and O–H groups in total. The van der Waals surface area contributed by atoms with Gasteiger partial charge in [-0.25, -0.2) is 4.79 Å². The molecule has 1 rings (SSSR count). The third-order valence-corrected chi connectivity index (χ3v) is 3.23. The molecule has 5 nitrogen and oxygen atoms in total. The molecule has 0 aromatic heterocycles. The Morgan fingerprint density at radius 2 is 1.95 bits per heavy atom. The van der Waals surface area contributed by atoms with Crippen LogP contribution in [-0.2, 0) is 4.79 Å². The summed E-state index contributed by atoms with van der Waals surface area (Å²) in [5, 5.41) is 14.1. The maximum atomic E-state index is 11.7. The lowest BCUT2D eigenvalue weighted by Crippen LogP contribution is -2.32. The van der Waals surface area contributed by atoms with Crippen molar-refractivity contribution in [3.63, 3.8) is 0 Å². The molecule has 0 radical (unpaired) electrons. The van der Waals surface area contributed by atoms with Gasteiger partial charge in [0.15, 0.2) is 0 Å². The van der Waals surface area contributed by atoms with Gasteiger partial charge >= 0.3 is 12.0 Å². The molecule has 0 saturated carbocycles. The van der Waals surface area contributed by atoms with E-state index in [-0.39, 0.29) is 18.4 Å². The quantitative estimate of drug-likeness (QED) is 0.748. The summed E-state index contributed by atoms with van der Waals surface area (Å²) in [6.07, 6.45) is 0.681. The molecule has 1 aromatic rings. The summed E-state index contributed by atoms with van der Waals surface area (Å²) in [5.74, 6) is -0.673. The monoisotopic (exact) mass is 278 g/mol. The molecule has 0 bridgehead atoms. The van der Waals surface area contributed by atoms with Crippen LogP contribution in [0.25, 0.3) is 0 Å². The lowest BCUT2D eigenvalue weighted by atomic mass is 10.1. The minimum atomic E-state index is -0.809. The number of carboxylic acid groups (broad SMARTS) is 1. The fraction of sp³-hybridized carbons (Fsp3) is 0.467. The van der Waals surface area contributed by atoms with E-state index in [2.05, 4.69) is 10.6 Å². The van der Waals surface area contributed by atoms with Gasteiger partial charge in [0.1, 0.15) is 0 Å². The van der Waals surface area contributed by atoms with Crippen molar-refractivity contribution in [3.05, 3.63) is 29.3 Å². The highest BCUT2D eigenvalue weighted by molar-refractivity contribution is 5.89. The number of rotatable bonds is 6. The number of carboxylic acids is 1. The topological polar surface area (TPSA) is 78.4 Å². The van der Waals surface area contributed by atoms with E-state index in [1.54, 1.807) is 0 Å². The van der Waals surface area contributed by atoms with Crippen molar-refractivity contribution in [3.8, 4) is 0 Å². The number of aliphatic carboxylic acids is 1. The average molecular weight is 278 g/mol. The summed E-state index contributed by atoms with van der Waals surface area (Å²) in [6.45, 7) is 6.39. The fourth-order valence-corrected chi connectivity index (χ4v) is 1.73. The number of hydrogen-bond acceptors (Lipinski definition) is 2. The van der Waals surface area contributed by atoms with E-state index in [1.807, 2.05) is 39.0 Å². The fourth-order valence-electron chi connectivity index (χ4n) is 1.73. The van der Waals surface area contributed by atoms with Gasteiger partial charge in [-0.2, -0.15) is 0 Å². The third kappa shape index (κ3) is 5.73. The highest BCUT2D eigenvalue weighted by atomic mass is 16.4. The van der Waals surface area contributed by atoms with Crippen molar-refractivity contribution < 1.29 is 14.7 Å². The summed E-state index contributed by atoms with van der Waals surface area (Å²) in [7, 11) is 0. The van der Waals surface area contributed by atoms with Crippen LogP contribution in [0.15, 0.2) is 18.2 Å². The zero-order valence-electron chi connectivity index (χ0n) is 12.2. The molecule has 1 aromatic carbocycles. The van der Waals surface area contributed by atoms with Crippen LogP contribution >= 0.6 is 0 Å². The van der Waals surface area contributed by atoms with E-state index in [4.69, 9.17) is 5.11 Å². The van der Waals surface area contributed by atoms with Gasteiger partial charge in [0.25, 0.3) is 0 Å². The summed E-state index contributed by atoms with van der Waals surface area (Å²) in [6, 6.07) is 5.47. The van der Waals surface area contributed by atoms with Crippen LogP contribution in [0, 0.1) is 19.8 Å². The first-order valence-electron chi connectivity index (χ1n) is 6.72. The molecule has 0 aliphatic carbocycles. The van der Waals surface area contributed by atoms with Gasteiger partial charge in [0, 0.05) is 18.7 Å². The number of nitrogens with one attached hydrogen (secondary N) is 2. The van der Waals surface area contributed by atoms with Crippen molar-refractivity contribution in [2.45, 2.75) is 33.6 Å². The minimum absolute atomic E-state index is 0.127. The molecule has 0 aliphatic heterocycles. The Kier molecular flexibility index (Phi) is 6.03. The first kappa shape index (κ1) is 16.0. The predicted octanol–water partition coefficient (Wildman–Crippen LogP) is 2.93. The van der Waals surface area contributed by atoms with E-state index in [1.165, 1.54) is 5.56 Å². The Hall–Kier alpha value is -2.04. The Bertz CT molecular complexity index is 486. The highest BCUT2D eigenvalue weighted by Crippen LogP contribution is 2.14. The number of carbonyl (C=O) groups is 2. The van der Waals surface area contributed by atoms with Gasteiger partial charge in [-0.3, -0.25) is 4.79 Å². The summed E-state index contributed by atoms with van der Waals surface area (Å²) in [4.78, 5) is 22.2. The number of anilines is 1. The number of urea groups is 1. The Morgan fingerprint density at radius 3 is 2.55 bits per heavy atom. The average Bonchev–Trinajstić information content (AvgIpc) is 2.38. The Balaban J connectivity index is 2.36. The van der Waals surface area contributed by atoms with Gasteiger partial charge in [0.05, 0.1) is 0 Å². The van der Waals surface area contributed by atoms with Crippen molar-refractivity contribution in [1.82, 2.24) is 5.32 Å². The molecular weight excluding hydrogens is 256 g/mol. The van der Waals surface area contributed by atoms with E-state index < -0.39 is 5.97 Å². The molecule has 1 atom stereocenters. The first-order valence-corrected chi connectivity index (χ1v) is 6.72. The molecule has 0 heterocycles. The SMILES string of the molecule is Cc1ccc(NC(=O)NCC(C)CCC(=O)O)cc1C. The second kappa shape index (κ2) is 7.53. The maximum Gasteiger partial charge on any atom is 0.319 e. The molecule has 0 spiro atoms. The summed E-state index contributed by atoms with van der Waals surface area (Å²) < 4.78 is 0. The van der Waals surface area contributed by atoms with Crippen LogP contribution in [0.1, 0.15) is 30.9 Å². The van der Waals surface area contributed by atoms with Crippen LogP contribution in [0.5, 0.6) is 0 Å². The van der Waals surface area contributed by atoms with Crippen molar-refractivity contribution >= 4 is 17.7 Å². The summed E-state index contributed by atoms with van der Waals surface area (Å²) in [5.41, 5.74) is 3.06. The molecule has 20 heavy (non-hydrogen) atoms. The second-order valence-corrected chi connectivity index (χ2v) is 5.17. The largest absolute Gasteiger partial charge is 0.481 e. The Morgan fingerprint density at radius 1 is 1.25 bits per heavy atom. The maximum absolute atomic E-state index is 11.7. The van der Waals surface area contributed by atoms with Gasteiger partial charge in [-0.05, 0) is 49.4 Å². The van der Waals surface area contributed by atoms with Gasteiger partial charge in [-0.15, -0.1) is 0 Å². The molecular formula is C15H22N2O3. The van der Waals surface area contributed by atoms with Gasteiger partial charge in [-0.1, -0.05) is 13.0 Å². The van der Waals surface area contributed by atoms with E-state index in [9.17, 15) is 9.59 Å². The van der Waals surface area contributed by atoms with Crippen LogP contribution in [0.4, 0.5) is 10.5 Å². The van der Waals surface area contributed by atoms with E-state index >= 15 is 0 Å². The first-order chi connectivity index (χ1) is 9.38. The smallest absolute Gasteiger partial charge is 0.319 e. The van der Waals surface area contributed by atoms with Crippen molar-refractivity contribution in [2.24, 2.45) is 5.92 Å². The van der Waals surface area contributed by atoms with Crippen molar-refractivity contribution in [2.75, 3.05) is 11.9 Å². The third-order valence-electron chi connectivity index (χ3n) is 3.23. The Labute approximate surface area is 119 Å². The number of hydrogen-bond donors (Lipinski definition) is 3. The van der Waals surface area contributed by atoms with Crippen LogP contribution < -0.4 is 10.6 Å². The number of benzene rings is 1. The van der Waals surface area contributed by atoms with Crippen LogP contribution in [0.3, 0.4) is 0 Å². The minimum Gasteiger partial charge on any atom is -0.481 e.